The number of amides is 2. The van der Waals surface area contributed by atoms with Crippen LogP contribution < -0.4 is 20.1 Å². The SMILES string of the molecule is COc1ccc(C(=O)Nc2nnc(SCC(=O)Nc3nc(C)cs3)s2)cc1OC. The van der Waals surface area contributed by atoms with Gasteiger partial charge in [0.1, 0.15) is 0 Å². The molecule has 0 spiro atoms. The van der Waals surface area contributed by atoms with Gasteiger partial charge in [-0.2, -0.15) is 0 Å². The summed E-state index contributed by atoms with van der Waals surface area (Å²) >= 11 is 3.79. The van der Waals surface area contributed by atoms with Crippen molar-refractivity contribution in [3.63, 3.8) is 0 Å². The number of nitrogens with one attached hydrogen (secondary N) is 2. The molecule has 152 valence electrons. The molecule has 2 N–H and O–H groups in total. The monoisotopic (exact) mass is 451 g/mol. The highest BCUT2D eigenvalue weighted by Gasteiger charge is 2.14. The highest BCUT2D eigenvalue weighted by atomic mass is 32.2. The van der Waals surface area contributed by atoms with Crippen molar-refractivity contribution in [2.75, 3.05) is 30.6 Å². The first kappa shape index (κ1) is 21.0. The lowest BCUT2D eigenvalue weighted by Gasteiger charge is -2.08. The number of aromatic nitrogens is 3. The Hall–Kier alpha value is -2.70. The highest BCUT2D eigenvalue weighted by Crippen LogP contribution is 2.29. The van der Waals surface area contributed by atoms with Gasteiger partial charge in [-0.25, -0.2) is 4.98 Å². The van der Waals surface area contributed by atoms with Crippen LogP contribution >= 0.6 is 34.4 Å². The number of aryl methyl sites for hydroxylation is 1. The van der Waals surface area contributed by atoms with Crippen LogP contribution in [-0.2, 0) is 4.79 Å². The molecule has 2 amide bonds. The Labute approximate surface area is 178 Å². The Balaban J connectivity index is 1.54. The number of hydrogen-bond donors (Lipinski definition) is 2. The van der Waals surface area contributed by atoms with Gasteiger partial charge in [-0.1, -0.05) is 23.1 Å². The molecule has 2 aromatic heterocycles. The van der Waals surface area contributed by atoms with Crippen molar-refractivity contribution in [1.82, 2.24) is 15.2 Å². The molecule has 0 saturated carbocycles. The molecular formula is C17H17N5O4S3. The quantitative estimate of drug-likeness (QED) is 0.396. The number of hydrogen-bond acceptors (Lipinski definition) is 10. The zero-order chi connectivity index (χ0) is 20.8. The Bertz CT molecular complexity index is 1020. The van der Waals surface area contributed by atoms with E-state index in [0.29, 0.717) is 31.7 Å². The first-order chi connectivity index (χ1) is 14.0. The molecule has 0 radical (unpaired) electrons. The second kappa shape index (κ2) is 9.67. The molecule has 3 aromatic rings. The second-order valence-electron chi connectivity index (χ2n) is 5.53. The van der Waals surface area contributed by atoms with Gasteiger partial charge in [0.2, 0.25) is 11.0 Å². The van der Waals surface area contributed by atoms with E-state index >= 15 is 0 Å². The average Bonchev–Trinajstić information content (AvgIpc) is 3.34. The number of carbonyl (C=O) groups excluding carboxylic acids is 2. The minimum Gasteiger partial charge on any atom is -0.493 e. The molecule has 0 aliphatic heterocycles. The summed E-state index contributed by atoms with van der Waals surface area (Å²) in [7, 11) is 3.02. The van der Waals surface area contributed by atoms with Crippen molar-refractivity contribution in [1.29, 1.82) is 0 Å². The lowest BCUT2D eigenvalue weighted by Crippen LogP contribution is -2.13. The van der Waals surface area contributed by atoms with Gasteiger partial charge in [0.25, 0.3) is 5.91 Å². The number of anilines is 2. The van der Waals surface area contributed by atoms with Crippen LogP contribution in [-0.4, -0.2) is 47.0 Å². The van der Waals surface area contributed by atoms with Gasteiger partial charge in [0.05, 0.1) is 25.7 Å². The van der Waals surface area contributed by atoms with Crippen LogP contribution in [0.15, 0.2) is 27.9 Å². The molecule has 9 nitrogen and oxygen atoms in total. The van der Waals surface area contributed by atoms with Crippen LogP contribution in [0.1, 0.15) is 16.1 Å². The predicted molar refractivity (Wildman–Crippen MR) is 114 cm³/mol. The molecule has 0 saturated heterocycles. The van der Waals surface area contributed by atoms with Crippen LogP contribution in [0.3, 0.4) is 0 Å². The topological polar surface area (TPSA) is 115 Å². The zero-order valence-electron chi connectivity index (χ0n) is 15.7. The van der Waals surface area contributed by atoms with Crippen molar-refractivity contribution in [2.24, 2.45) is 0 Å². The van der Waals surface area contributed by atoms with Crippen LogP contribution in [0.4, 0.5) is 10.3 Å². The number of methoxy groups -OCH3 is 2. The fourth-order valence-electron chi connectivity index (χ4n) is 2.16. The van der Waals surface area contributed by atoms with E-state index in [9.17, 15) is 9.59 Å². The molecule has 12 heteroatoms. The fourth-order valence-corrected chi connectivity index (χ4v) is 4.41. The minimum atomic E-state index is -0.351. The Morgan fingerprint density at radius 3 is 2.59 bits per heavy atom. The Morgan fingerprint density at radius 2 is 1.90 bits per heavy atom. The predicted octanol–water partition coefficient (Wildman–Crippen LogP) is 3.30. The second-order valence-corrected chi connectivity index (χ2v) is 8.59. The third-order valence-corrected chi connectivity index (χ3v) is 6.31. The van der Waals surface area contributed by atoms with Crippen LogP contribution in [0, 0.1) is 6.92 Å². The third kappa shape index (κ3) is 5.65. The van der Waals surface area contributed by atoms with E-state index in [1.54, 1.807) is 18.2 Å². The Kier molecular flexibility index (Phi) is 7.01. The Morgan fingerprint density at radius 1 is 1.10 bits per heavy atom. The normalized spacial score (nSPS) is 10.4. The number of carbonyl (C=O) groups is 2. The van der Waals surface area contributed by atoms with Crippen molar-refractivity contribution in [3.05, 3.63) is 34.8 Å². The molecule has 0 unspecified atom stereocenters. The molecular weight excluding hydrogens is 434 g/mol. The summed E-state index contributed by atoms with van der Waals surface area (Å²) < 4.78 is 10.9. The van der Waals surface area contributed by atoms with Crippen molar-refractivity contribution >= 4 is 56.5 Å². The largest absolute Gasteiger partial charge is 0.493 e. The fraction of sp³-hybridized carbons (Fsp3) is 0.235. The number of rotatable bonds is 8. The molecule has 3 rings (SSSR count). The molecule has 2 heterocycles. The van der Waals surface area contributed by atoms with Gasteiger partial charge in [-0.3, -0.25) is 14.9 Å². The van der Waals surface area contributed by atoms with E-state index < -0.39 is 0 Å². The van der Waals surface area contributed by atoms with E-state index in [2.05, 4.69) is 25.8 Å². The number of thioether (sulfide) groups is 1. The first-order valence-electron chi connectivity index (χ1n) is 8.20. The molecule has 0 aliphatic rings. The van der Waals surface area contributed by atoms with Crippen molar-refractivity contribution in [2.45, 2.75) is 11.3 Å². The number of nitrogens with zero attached hydrogens (tertiary/aromatic N) is 3. The molecule has 0 aliphatic carbocycles. The highest BCUT2D eigenvalue weighted by molar-refractivity contribution is 8.01. The molecule has 0 atom stereocenters. The standard InChI is InChI=1S/C17H17N5O4S3/c1-9-7-27-15(18-9)19-13(23)8-28-17-22-21-16(29-17)20-14(24)10-4-5-11(25-2)12(6-10)26-3/h4-7H,8H2,1-3H3,(H,18,19,23)(H,20,21,24). The van der Waals surface area contributed by atoms with E-state index in [4.69, 9.17) is 9.47 Å². The maximum atomic E-state index is 12.4. The molecule has 0 bridgehead atoms. The third-order valence-electron chi connectivity index (χ3n) is 3.46. The molecule has 1 aromatic carbocycles. The van der Waals surface area contributed by atoms with Gasteiger partial charge in [0, 0.05) is 10.9 Å². The van der Waals surface area contributed by atoms with Gasteiger partial charge >= 0.3 is 0 Å². The van der Waals surface area contributed by atoms with E-state index in [0.717, 1.165) is 5.69 Å². The number of thiazole rings is 1. The van der Waals surface area contributed by atoms with Gasteiger partial charge in [-0.15, -0.1) is 21.5 Å². The van der Waals surface area contributed by atoms with E-state index in [-0.39, 0.29) is 17.6 Å². The van der Waals surface area contributed by atoms with Gasteiger partial charge in [0.15, 0.2) is 21.0 Å². The van der Waals surface area contributed by atoms with Crippen LogP contribution in [0.25, 0.3) is 0 Å². The maximum Gasteiger partial charge on any atom is 0.257 e. The van der Waals surface area contributed by atoms with Gasteiger partial charge in [-0.05, 0) is 25.1 Å². The van der Waals surface area contributed by atoms with E-state index in [1.807, 2.05) is 12.3 Å². The summed E-state index contributed by atoms with van der Waals surface area (Å²) in [6.07, 6.45) is 0. The average molecular weight is 452 g/mol. The summed E-state index contributed by atoms with van der Waals surface area (Å²) in [5, 5.41) is 16.1. The summed E-state index contributed by atoms with van der Waals surface area (Å²) in [4.78, 5) is 28.6. The van der Waals surface area contributed by atoms with Crippen molar-refractivity contribution < 1.29 is 19.1 Å². The summed E-state index contributed by atoms with van der Waals surface area (Å²) in [6, 6.07) is 4.85. The van der Waals surface area contributed by atoms with Gasteiger partial charge < -0.3 is 14.8 Å². The number of ether oxygens (including phenoxy) is 2. The molecule has 0 fully saturated rings. The van der Waals surface area contributed by atoms with Crippen LogP contribution in [0.5, 0.6) is 11.5 Å². The van der Waals surface area contributed by atoms with Crippen LogP contribution in [0.2, 0.25) is 0 Å². The summed E-state index contributed by atoms with van der Waals surface area (Å²) in [5.74, 6) is 0.614. The number of benzene rings is 1. The maximum absolute atomic E-state index is 12.4. The summed E-state index contributed by atoms with van der Waals surface area (Å²) in [6.45, 7) is 1.86. The smallest absolute Gasteiger partial charge is 0.257 e. The summed E-state index contributed by atoms with van der Waals surface area (Å²) in [5.41, 5.74) is 1.25. The van der Waals surface area contributed by atoms with Crippen molar-refractivity contribution in [3.8, 4) is 11.5 Å². The first-order valence-corrected chi connectivity index (χ1v) is 10.9. The minimum absolute atomic E-state index is 0.164. The zero-order valence-corrected chi connectivity index (χ0v) is 18.2. The lowest BCUT2D eigenvalue weighted by molar-refractivity contribution is -0.113. The molecule has 29 heavy (non-hydrogen) atoms. The van der Waals surface area contributed by atoms with E-state index in [1.165, 1.54) is 48.7 Å². The lowest BCUT2D eigenvalue weighted by atomic mass is 10.2.